The molecular formula is C17H17NO2. The summed E-state index contributed by atoms with van der Waals surface area (Å²) in [4.78, 5) is 11.0. The highest BCUT2D eigenvalue weighted by Gasteiger charge is 2.13. The molecule has 0 unspecified atom stereocenters. The molecule has 1 heterocycles. The van der Waals surface area contributed by atoms with Crippen LogP contribution in [-0.2, 0) is 6.54 Å². The van der Waals surface area contributed by atoms with E-state index in [1.165, 1.54) is 0 Å². The van der Waals surface area contributed by atoms with E-state index >= 15 is 0 Å². The number of aromatic hydroxyl groups is 1. The van der Waals surface area contributed by atoms with Crippen LogP contribution in [0, 0.1) is 0 Å². The van der Waals surface area contributed by atoms with Crippen LogP contribution in [0.25, 0.3) is 21.8 Å². The molecule has 0 aliphatic rings. The molecule has 0 fully saturated rings. The molecule has 0 atom stereocenters. The van der Waals surface area contributed by atoms with Crippen molar-refractivity contribution in [2.24, 2.45) is 0 Å². The maximum absolute atomic E-state index is 11.0. The van der Waals surface area contributed by atoms with Crippen LogP contribution in [0.15, 0.2) is 36.4 Å². The molecule has 0 amide bonds. The van der Waals surface area contributed by atoms with Crippen LogP contribution in [0.4, 0.5) is 0 Å². The highest BCUT2D eigenvalue weighted by Crippen LogP contribution is 2.33. The Hall–Kier alpha value is -2.29. The number of nitrogens with zero attached hydrogens (tertiary/aromatic N) is 1. The Bertz CT molecular complexity index is 786. The molecule has 102 valence electrons. The number of aromatic nitrogens is 1. The maximum Gasteiger partial charge on any atom is 0.153 e. The van der Waals surface area contributed by atoms with Gasteiger partial charge in [0.2, 0.25) is 0 Å². The van der Waals surface area contributed by atoms with Crippen molar-refractivity contribution in [1.82, 2.24) is 4.57 Å². The Morgan fingerprint density at radius 3 is 2.70 bits per heavy atom. The summed E-state index contributed by atoms with van der Waals surface area (Å²) in [5.74, 6) is 0.0471. The molecular weight excluding hydrogens is 250 g/mol. The average Bonchev–Trinajstić information content (AvgIpc) is 2.77. The number of fused-ring (bicyclic) bond motifs is 3. The predicted octanol–water partition coefficient (Wildman–Crippen LogP) is 4.11. The van der Waals surface area contributed by atoms with Crippen molar-refractivity contribution in [3.8, 4) is 5.75 Å². The monoisotopic (exact) mass is 267 g/mol. The number of benzene rings is 2. The molecule has 0 saturated carbocycles. The number of carbonyl (C=O) groups is 1. The van der Waals surface area contributed by atoms with Crippen molar-refractivity contribution in [1.29, 1.82) is 0 Å². The van der Waals surface area contributed by atoms with Crippen molar-refractivity contribution in [2.75, 3.05) is 0 Å². The number of aryl methyl sites for hydroxylation is 1. The molecule has 0 spiro atoms. The molecule has 2 aromatic carbocycles. The summed E-state index contributed by atoms with van der Waals surface area (Å²) in [7, 11) is 0. The third-order valence-corrected chi connectivity index (χ3v) is 3.78. The largest absolute Gasteiger partial charge is 0.507 e. The van der Waals surface area contributed by atoms with Gasteiger partial charge in [0.25, 0.3) is 0 Å². The number of para-hydroxylation sites is 1. The van der Waals surface area contributed by atoms with Gasteiger partial charge in [-0.15, -0.1) is 0 Å². The molecule has 0 saturated heterocycles. The topological polar surface area (TPSA) is 42.2 Å². The van der Waals surface area contributed by atoms with E-state index in [0.29, 0.717) is 11.8 Å². The zero-order chi connectivity index (χ0) is 14.1. The summed E-state index contributed by atoms with van der Waals surface area (Å²) in [5, 5.41) is 12.0. The van der Waals surface area contributed by atoms with Gasteiger partial charge in [-0.05, 0) is 24.6 Å². The number of carbonyl (C=O) groups excluding carboxylic acids is 1. The maximum atomic E-state index is 11.0. The van der Waals surface area contributed by atoms with Gasteiger partial charge in [-0.1, -0.05) is 31.5 Å². The Balaban J connectivity index is 2.38. The van der Waals surface area contributed by atoms with E-state index < -0.39 is 0 Å². The van der Waals surface area contributed by atoms with Crippen LogP contribution in [0.2, 0.25) is 0 Å². The van der Waals surface area contributed by atoms with E-state index in [9.17, 15) is 9.90 Å². The van der Waals surface area contributed by atoms with Crippen LogP contribution in [-0.4, -0.2) is 16.0 Å². The van der Waals surface area contributed by atoms with Gasteiger partial charge >= 0.3 is 0 Å². The van der Waals surface area contributed by atoms with Crippen LogP contribution in [0.3, 0.4) is 0 Å². The lowest BCUT2D eigenvalue weighted by Gasteiger charge is -2.07. The molecule has 1 N–H and O–H groups in total. The van der Waals surface area contributed by atoms with Gasteiger partial charge in [0, 0.05) is 22.8 Å². The zero-order valence-corrected chi connectivity index (χ0v) is 11.5. The summed E-state index contributed by atoms with van der Waals surface area (Å²) in [6.45, 7) is 3.08. The number of hydrogen-bond acceptors (Lipinski definition) is 2. The van der Waals surface area contributed by atoms with Gasteiger partial charge < -0.3 is 9.67 Å². The molecule has 0 aliphatic carbocycles. The number of unbranched alkanes of at least 4 members (excludes halogenated alkanes) is 1. The second kappa shape index (κ2) is 5.00. The first-order valence-corrected chi connectivity index (χ1v) is 6.95. The lowest BCUT2D eigenvalue weighted by atomic mass is 10.1. The van der Waals surface area contributed by atoms with Crippen molar-refractivity contribution in [3.63, 3.8) is 0 Å². The van der Waals surface area contributed by atoms with Crippen LogP contribution in [0.1, 0.15) is 30.1 Å². The Morgan fingerprint density at radius 2 is 1.95 bits per heavy atom. The van der Waals surface area contributed by atoms with E-state index in [1.807, 2.05) is 12.1 Å². The number of rotatable bonds is 4. The quantitative estimate of drug-likeness (QED) is 0.723. The van der Waals surface area contributed by atoms with Gasteiger partial charge in [-0.25, -0.2) is 0 Å². The standard InChI is InChI=1S/C17H17NO2/c1-2-3-8-18-15-7-5-4-6-13(15)14-10-17(20)12(11-19)9-16(14)18/h4-7,9-11,20H,2-3,8H2,1H3. The third-order valence-electron chi connectivity index (χ3n) is 3.78. The smallest absolute Gasteiger partial charge is 0.153 e. The number of phenols is 1. The first-order chi connectivity index (χ1) is 9.76. The van der Waals surface area contributed by atoms with Crippen LogP contribution in [0.5, 0.6) is 5.75 Å². The molecule has 0 aliphatic heterocycles. The second-order valence-electron chi connectivity index (χ2n) is 5.07. The van der Waals surface area contributed by atoms with Crippen molar-refractivity contribution >= 4 is 28.1 Å². The first kappa shape index (κ1) is 12.7. The van der Waals surface area contributed by atoms with Crippen molar-refractivity contribution in [3.05, 3.63) is 42.0 Å². The molecule has 0 bridgehead atoms. The highest BCUT2D eigenvalue weighted by atomic mass is 16.3. The summed E-state index contributed by atoms with van der Waals surface area (Å²) in [6.07, 6.45) is 2.91. The van der Waals surface area contributed by atoms with E-state index in [1.54, 1.807) is 12.1 Å². The SMILES string of the molecule is CCCCn1c2ccccc2c2cc(O)c(C=O)cc21. The van der Waals surface area contributed by atoms with E-state index in [2.05, 4.69) is 23.6 Å². The number of phenolic OH excluding ortho intramolecular Hbond substituents is 1. The van der Waals surface area contributed by atoms with E-state index in [4.69, 9.17) is 0 Å². The molecule has 3 aromatic rings. The lowest BCUT2D eigenvalue weighted by Crippen LogP contribution is -1.97. The van der Waals surface area contributed by atoms with Crippen molar-refractivity contribution < 1.29 is 9.90 Å². The number of hydrogen-bond donors (Lipinski definition) is 1. The lowest BCUT2D eigenvalue weighted by molar-refractivity contribution is 0.112. The minimum Gasteiger partial charge on any atom is -0.507 e. The van der Waals surface area contributed by atoms with Gasteiger partial charge in [0.1, 0.15) is 5.75 Å². The van der Waals surface area contributed by atoms with Gasteiger partial charge in [-0.3, -0.25) is 4.79 Å². The minimum atomic E-state index is 0.0471. The van der Waals surface area contributed by atoms with E-state index in [0.717, 1.165) is 41.2 Å². The summed E-state index contributed by atoms with van der Waals surface area (Å²) >= 11 is 0. The second-order valence-corrected chi connectivity index (χ2v) is 5.07. The fourth-order valence-corrected chi connectivity index (χ4v) is 2.75. The third kappa shape index (κ3) is 1.86. The number of aldehydes is 1. The fraction of sp³-hybridized carbons (Fsp3) is 0.235. The molecule has 3 heteroatoms. The molecule has 0 radical (unpaired) electrons. The normalized spacial score (nSPS) is 11.2. The highest BCUT2D eigenvalue weighted by molar-refractivity contribution is 6.09. The van der Waals surface area contributed by atoms with Gasteiger partial charge in [0.15, 0.2) is 6.29 Å². The Labute approximate surface area is 117 Å². The van der Waals surface area contributed by atoms with Crippen LogP contribution >= 0.6 is 0 Å². The minimum absolute atomic E-state index is 0.0471. The molecule has 1 aromatic heterocycles. The van der Waals surface area contributed by atoms with E-state index in [-0.39, 0.29) is 5.75 Å². The first-order valence-electron chi connectivity index (χ1n) is 6.95. The summed E-state index contributed by atoms with van der Waals surface area (Å²) in [6, 6.07) is 11.6. The summed E-state index contributed by atoms with van der Waals surface area (Å²) in [5.41, 5.74) is 2.51. The fourth-order valence-electron chi connectivity index (χ4n) is 2.75. The zero-order valence-electron chi connectivity index (χ0n) is 11.5. The molecule has 20 heavy (non-hydrogen) atoms. The Kier molecular flexibility index (Phi) is 3.18. The van der Waals surface area contributed by atoms with Crippen LogP contribution < -0.4 is 0 Å². The van der Waals surface area contributed by atoms with Gasteiger partial charge in [0.05, 0.1) is 11.1 Å². The van der Waals surface area contributed by atoms with Crippen molar-refractivity contribution in [2.45, 2.75) is 26.3 Å². The molecule has 3 nitrogen and oxygen atoms in total. The average molecular weight is 267 g/mol. The Morgan fingerprint density at radius 1 is 1.15 bits per heavy atom. The molecule has 3 rings (SSSR count). The van der Waals surface area contributed by atoms with Gasteiger partial charge in [-0.2, -0.15) is 0 Å². The predicted molar refractivity (Wildman–Crippen MR) is 81.4 cm³/mol. The summed E-state index contributed by atoms with van der Waals surface area (Å²) < 4.78 is 2.24.